The van der Waals surface area contributed by atoms with Crippen molar-refractivity contribution in [3.05, 3.63) is 0 Å². The van der Waals surface area contributed by atoms with Gasteiger partial charge in [0.15, 0.2) is 0 Å². The first-order valence-corrected chi connectivity index (χ1v) is 5.88. The molecule has 0 heterocycles. The van der Waals surface area contributed by atoms with Gasteiger partial charge in [0.1, 0.15) is 6.04 Å². The first kappa shape index (κ1) is 14.6. The number of aliphatic carboxylic acids is 2. The second-order valence-corrected chi connectivity index (χ2v) is 4.67. The number of hydrogen-bond acceptors (Lipinski definition) is 4. The molecular weight excluding hydrogens is 238 g/mol. The molecule has 16 heavy (non-hydrogen) atoms. The molecule has 0 fully saturated rings. The lowest BCUT2D eigenvalue weighted by Gasteiger charge is -2.12. The Labute approximate surface area is 94.3 Å². The fourth-order valence-electron chi connectivity index (χ4n) is 0.890. The van der Waals surface area contributed by atoms with Crippen molar-refractivity contribution in [2.45, 2.75) is 19.4 Å². The molecule has 2 unspecified atom stereocenters. The molecule has 0 aliphatic rings. The normalized spacial score (nSPS) is 13.8. The molecule has 0 aliphatic heterocycles. The SMILES string of the molecule is CC(=O)NC(CS(=O)CCC(=O)O)C(=O)O. The maximum absolute atomic E-state index is 11.3. The lowest BCUT2D eigenvalue weighted by molar-refractivity contribution is -0.140. The third kappa shape index (κ3) is 6.93. The van der Waals surface area contributed by atoms with Gasteiger partial charge in [-0.15, -0.1) is 0 Å². The predicted octanol–water partition coefficient (Wildman–Crippen LogP) is -1.20. The molecule has 0 bridgehead atoms. The van der Waals surface area contributed by atoms with Crippen LogP contribution in [0, 0.1) is 0 Å². The Hall–Kier alpha value is -1.44. The zero-order valence-electron chi connectivity index (χ0n) is 8.63. The lowest BCUT2D eigenvalue weighted by Crippen LogP contribution is -2.43. The fraction of sp³-hybridized carbons (Fsp3) is 0.625. The van der Waals surface area contributed by atoms with Crippen LogP contribution in [0.1, 0.15) is 13.3 Å². The van der Waals surface area contributed by atoms with Crippen LogP contribution in [-0.4, -0.2) is 49.8 Å². The summed E-state index contributed by atoms with van der Waals surface area (Å²) in [7, 11) is -1.58. The van der Waals surface area contributed by atoms with E-state index in [1.165, 1.54) is 0 Å². The van der Waals surface area contributed by atoms with Crippen LogP contribution >= 0.6 is 0 Å². The molecule has 0 aromatic carbocycles. The van der Waals surface area contributed by atoms with E-state index in [2.05, 4.69) is 5.32 Å². The molecule has 2 atom stereocenters. The number of hydrogen-bond donors (Lipinski definition) is 3. The van der Waals surface area contributed by atoms with Crippen LogP contribution in [0.2, 0.25) is 0 Å². The summed E-state index contributed by atoms with van der Waals surface area (Å²) < 4.78 is 11.3. The highest BCUT2D eigenvalue weighted by molar-refractivity contribution is 7.85. The van der Waals surface area contributed by atoms with E-state index in [1.807, 2.05) is 0 Å². The van der Waals surface area contributed by atoms with Crippen LogP contribution in [0.3, 0.4) is 0 Å². The summed E-state index contributed by atoms with van der Waals surface area (Å²) in [5.74, 6) is -3.35. The van der Waals surface area contributed by atoms with Gasteiger partial charge >= 0.3 is 11.9 Å². The second kappa shape index (κ2) is 6.94. The molecule has 0 saturated carbocycles. The van der Waals surface area contributed by atoms with E-state index < -0.39 is 34.7 Å². The van der Waals surface area contributed by atoms with Crippen molar-refractivity contribution in [3.8, 4) is 0 Å². The number of carboxylic acid groups (broad SMARTS) is 2. The van der Waals surface area contributed by atoms with Gasteiger partial charge in [0.05, 0.1) is 12.2 Å². The Morgan fingerprint density at radius 2 is 1.88 bits per heavy atom. The fourth-order valence-corrected chi connectivity index (χ4v) is 2.06. The van der Waals surface area contributed by atoms with Gasteiger partial charge in [0.2, 0.25) is 5.91 Å². The van der Waals surface area contributed by atoms with Gasteiger partial charge in [0, 0.05) is 23.5 Å². The monoisotopic (exact) mass is 251 g/mol. The summed E-state index contributed by atoms with van der Waals surface area (Å²) in [5.41, 5.74) is 0. The number of rotatable bonds is 7. The molecule has 0 rings (SSSR count). The zero-order valence-corrected chi connectivity index (χ0v) is 9.45. The van der Waals surface area contributed by atoms with Crippen LogP contribution < -0.4 is 5.32 Å². The molecule has 0 aromatic heterocycles. The summed E-state index contributed by atoms with van der Waals surface area (Å²) in [6.07, 6.45) is -0.293. The number of carbonyl (C=O) groups is 3. The Morgan fingerprint density at radius 1 is 1.31 bits per heavy atom. The van der Waals surface area contributed by atoms with Crippen molar-refractivity contribution in [2.24, 2.45) is 0 Å². The van der Waals surface area contributed by atoms with E-state index in [-0.39, 0.29) is 17.9 Å². The minimum Gasteiger partial charge on any atom is -0.481 e. The Morgan fingerprint density at radius 3 is 2.25 bits per heavy atom. The highest BCUT2D eigenvalue weighted by Gasteiger charge is 2.21. The van der Waals surface area contributed by atoms with E-state index >= 15 is 0 Å². The lowest BCUT2D eigenvalue weighted by atomic mass is 10.3. The molecule has 1 amide bonds. The summed E-state index contributed by atoms with van der Waals surface area (Å²) in [6.45, 7) is 1.15. The average Bonchev–Trinajstić information content (AvgIpc) is 2.12. The second-order valence-electron chi connectivity index (χ2n) is 3.05. The van der Waals surface area contributed by atoms with Crippen molar-refractivity contribution < 1.29 is 28.8 Å². The zero-order chi connectivity index (χ0) is 12.7. The van der Waals surface area contributed by atoms with Gasteiger partial charge in [-0.05, 0) is 0 Å². The number of nitrogens with one attached hydrogen (secondary N) is 1. The Kier molecular flexibility index (Phi) is 6.31. The van der Waals surface area contributed by atoms with Gasteiger partial charge in [-0.3, -0.25) is 13.8 Å². The molecular formula is C8H13NO6S. The minimum absolute atomic E-state index is 0.126. The number of carbonyl (C=O) groups excluding carboxylic acids is 1. The topological polar surface area (TPSA) is 121 Å². The highest BCUT2D eigenvalue weighted by atomic mass is 32.2. The minimum atomic E-state index is -1.58. The van der Waals surface area contributed by atoms with E-state index in [4.69, 9.17) is 10.2 Å². The maximum atomic E-state index is 11.3. The quantitative estimate of drug-likeness (QED) is 0.522. The van der Waals surface area contributed by atoms with Crippen molar-refractivity contribution in [1.29, 1.82) is 0 Å². The van der Waals surface area contributed by atoms with Crippen molar-refractivity contribution >= 4 is 28.6 Å². The molecule has 0 spiro atoms. The largest absolute Gasteiger partial charge is 0.481 e. The summed E-state index contributed by atoms with van der Waals surface area (Å²) in [5, 5.41) is 19.1. The van der Waals surface area contributed by atoms with Gasteiger partial charge in [0.25, 0.3) is 0 Å². The van der Waals surface area contributed by atoms with Crippen LogP contribution in [-0.2, 0) is 25.2 Å². The van der Waals surface area contributed by atoms with Gasteiger partial charge < -0.3 is 15.5 Å². The molecule has 7 nitrogen and oxygen atoms in total. The molecule has 3 N–H and O–H groups in total. The third-order valence-electron chi connectivity index (χ3n) is 1.57. The molecule has 0 aliphatic carbocycles. The highest BCUT2D eigenvalue weighted by Crippen LogP contribution is 1.94. The van der Waals surface area contributed by atoms with Crippen LogP contribution in [0.25, 0.3) is 0 Å². The van der Waals surface area contributed by atoms with E-state index in [0.29, 0.717) is 0 Å². The summed E-state index contributed by atoms with van der Waals surface area (Å²) in [6, 6.07) is -1.24. The predicted molar refractivity (Wildman–Crippen MR) is 55.4 cm³/mol. The van der Waals surface area contributed by atoms with Crippen LogP contribution in [0.15, 0.2) is 0 Å². The van der Waals surface area contributed by atoms with Gasteiger partial charge in [-0.2, -0.15) is 0 Å². The maximum Gasteiger partial charge on any atom is 0.327 e. The van der Waals surface area contributed by atoms with E-state index in [0.717, 1.165) is 6.92 Å². The smallest absolute Gasteiger partial charge is 0.327 e. The molecule has 0 saturated heterocycles. The first-order chi connectivity index (χ1) is 7.32. The average molecular weight is 251 g/mol. The summed E-state index contributed by atoms with van der Waals surface area (Å²) >= 11 is 0. The van der Waals surface area contributed by atoms with Crippen molar-refractivity contribution in [3.63, 3.8) is 0 Å². The Balaban J connectivity index is 4.18. The molecule has 0 aromatic rings. The Bertz CT molecular complexity index is 316. The van der Waals surface area contributed by atoms with Crippen molar-refractivity contribution in [2.75, 3.05) is 11.5 Å². The number of amides is 1. The van der Waals surface area contributed by atoms with Crippen LogP contribution in [0.5, 0.6) is 0 Å². The van der Waals surface area contributed by atoms with E-state index in [9.17, 15) is 18.6 Å². The van der Waals surface area contributed by atoms with Crippen molar-refractivity contribution in [1.82, 2.24) is 5.32 Å². The molecule has 0 radical (unpaired) electrons. The first-order valence-electron chi connectivity index (χ1n) is 4.39. The van der Waals surface area contributed by atoms with Gasteiger partial charge in [-0.1, -0.05) is 0 Å². The number of carboxylic acids is 2. The molecule has 92 valence electrons. The van der Waals surface area contributed by atoms with E-state index in [1.54, 1.807) is 0 Å². The van der Waals surface area contributed by atoms with Crippen LogP contribution in [0.4, 0.5) is 0 Å². The third-order valence-corrected chi connectivity index (χ3v) is 2.94. The standard InChI is InChI=1S/C8H13NO6S/c1-5(10)9-6(8(13)14)4-16(15)3-2-7(11)12/h6H,2-4H2,1H3,(H,9,10)(H,11,12)(H,13,14). The summed E-state index contributed by atoms with van der Waals surface area (Å²) in [4.78, 5) is 31.5. The van der Waals surface area contributed by atoms with Gasteiger partial charge in [-0.25, -0.2) is 4.79 Å². The molecule has 8 heteroatoms.